The summed E-state index contributed by atoms with van der Waals surface area (Å²) >= 11 is 0. The minimum atomic E-state index is 0.0879. The van der Waals surface area contributed by atoms with Crippen LogP contribution in [0, 0.1) is 12.8 Å². The fourth-order valence-electron chi connectivity index (χ4n) is 4.39. The number of pyridine rings is 1. The molecule has 3 fully saturated rings. The second kappa shape index (κ2) is 7.97. The lowest BCUT2D eigenvalue weighted by atomic mass is 9.93. The molecule has 1 atom stereocenters. The van der Waals surface area contributed by atoms with E-state index in [0.29, 0.717) is 17.6 Å². The Bertz CT molecular complexity index is 695. The first kappa shape index (κ1) is 18.4. The average Bonchev–Trinajstić information content (AvgIpc) is 3.51. The Kier molecular flexibility index (Phi) is 5.43. The molecule has 3 aliphatic rings. The van der Waals surface area contributed by atoms with E-state index in [4.69, 9.17) is 0 Å². The third-order valence-electron chi connectivity index (χ3n) is 6.14. The molecular weight excluding hydrogens is 340 g/mol. The van der Waals surface area contributed by atoms with E-state index in [1.807, 2.05) is 17.9 Å². The number of carbonyl (C=O) groups is 2. The summed E-state index contributed by atoms with van der Waals surface area (Å²) in [5.74, 6) is 0.476. The Balaban J connectivity index is 1.29. The standard InChI is InChI=1S/C21H30N4O2/c1-15-11-17(13-22-12-15)21(27)24-9-6-19(7-10-24)25-8-2-3-16(14-25)20(26)23-18-4-5-18/h11-13,16,18-19H,2-10,14H2,1H3,(H,23,26)/t16-/m1/s1. The predicted octanol–water partition coefficient (Wildman–Crippen LogP) is 1.99. The van der Waals surface area contributed by atoms with Crippen LogP contribution in [0.5, 0.6) is 0 Å². The van der Waals surface area contributed by atoms with Crippen molar-refractivity contribution in [1.82, 2.24) is 20.1 Å². The Morgan fingerprint density at radius 1 is 1.07 bits per heavy atom. The summed E-state index contributed by atoms with van der Waals surface area (Å²) in [6.45, 7) is 5.48. The van der Waals surface area contributed by atoms with Crippen LogP contribution >= 0.6 is 0 Å². The third-order valence-corrected chi connectivity index (χ3v) is 6.14. The van der Waals surface area contributed by atoms with Gasteiger partial charge in [0.25, 0.3) is 5.91 Å². The highest BCUT2D eigenvalue weighted by Gasteiger charge is 2.34. The van der Waals surface area contributed by atoms with E-state index in [9.17, 15) is 9.59 Å². The van der Waals surface area contributed by atoms with Gasteiger partial charge in [-0.25, -0.2) is 0 Å². The number of aromatic nitrogens is 1. The fraction of sp³-hybridized carbons (Fsp3) is 0.667. The van der Waals surface area contributed by atoms with Crippen molar-refractivity contribution >= 4 is 11.8 Å². The Morgan fingerprint density at radius 2 is 1.85 bits per heavy atom. The van der Waals surface area contributed by atoms with Crippen LogP contribution < -0.4 is 5.32 Å². The lowest BCUT2D eigenvalue weighted by Gasteiger charge is -2.42. The molecule has 0 aromatic carbocycles. The quantitative estimate of drug-likeness (QED) is 0.880. The molecule has 1 saturated carbocycles. The molecule has 2 saturated heterocycles. The van der Waals surface area contributed by atoms with Crippen molar-refractivity contribution in [3.05, 3.63) is 29.6 Å². The summed E-state index contributed by atoms with van der Waals surface area (Å²) < 4.78 is 0. The van der Waals surface area contributed by atoms with E-state index < -0.39 is 0 Å². The maximum atomic E-state index is 12.7. The first-order chi connectivity index (χ1) is 13.1. The molecule has 1 aromatic rings. The van der Waals surface area contributed by atoms with Crippen molar-refractivity contribution in [2.45, 2.75) is 57.5 Å². The zero-order chi connectivity index (χ0) is 18.8. The van der Waals surface area contributed by atoms with Crippen LogP contribution in [0.4, 0.5) is 0 Å². The van der Waals surface area contributed by atoms with Gasteiger partial charge in [0.05, 0.1) is 11.5 Å². The molecule has 3 heterocycles. The molecule has 6 nitrogen and oxygen atoms in total. The van der Waals surface area contributed by atoms with Crippen LogP contribution in [0.3, 0.4) is 0 Å². The van der Waals surface area contributed by atoms with Gasteiger partial charge in [-0.15, -0.1) is 0 Å². The molecule has 27 heavy (non-hydrogen) atoms. The van der Waals surface area contributed by atoms with E-state index in [1.54, 1.807) is 12.4 Å². The molecule has 1 aromatic heterocycles. The normalized spacial score (nSPS) is 24.6. The van der Waals surface area contributed by atoms with Crippen molar-refractivity contribution in [3.63, 3.8) is 0 Å². The van der Waals surface area contributed by atoms with Crippen molar-refractivity contribution < 1.29 is 9.59 Å². The number of piperidine rings is 2. The average molecular weight is 370 g/mol. The van der Waals surface area contributed by atoms with E-state index in [1.165, 1.54) is 0 Å². The molecule has 0 radical (unpaired) electrons. The monoisotopic (exact) mass is 370 g/mol. The van der Waals surface area contributed by atoms with Gasteiger partial charge < -0.3 is 10.2 Å². The number of hydrogen-bond donors (Lipinski definition) is 1. The molecule has 1 aliphatic carbocycles. The van der Waals surface area contributed by atoms with Gasteiger partial charge in [0.15, 0.2) is 0 Å². The van der Waals surface area contributed by atoms with Crippen LogP contribution in [0.1, 0.15) is 54.4 Å². The van der Waals surface area contributed by atoms with E-state index >= 15 is 0 Å². The van der Waals surface area contributed by atoms with Gasteiger partial charge in [-0.2, -0.15) is 0 Å². The van der Waals surface area contributed by atoms with E-state index in [2.05, 4.69) is 15.2 Å². The highest BCUT2D eigenvalue weighted by molar-refractivity contribution is 5.94. The summed E-state index contributed by atoms with van der Waals surface area (Å²) in [4.78, 5) is 33.7. The SMILES string of the molecule is Cc1cncc(C(=O)N2CCC(N3CCC[C@@H](C(=O)NC4CC4)C3)CC2)c1. The van der Waals surface area contributed by atoms with Gasteiger partial charge in [0.2, 0.25) is 5.91 Å². The number of nitrogens with zero attached hydrogens (tertiary/aromatic N) is 3. The van der Waals surface area contributed by atoms with Gasteiger partial charge >= 0.3 is 0 Å². The van der Waals surface area contributed by atoms with Gasteiger partial charge in [-0.1, -0.05) is 0 Å². The minimum Gasteiger partial charge on any atom is -0.353 e. The molecule has 4 rings (SSSR count). The highest BCUT2D eigenvalue weighted by Crippen LogP contribution is 2.26. The third kappa shape index (κ3) is 4.49. The molecular formula is C21H30N4O2. The van der Waals surface area contributed by atoms with Gasteiger partial charge in [0.1, 0.15) is 0 Å². The predicted molar refractivity (Wildman–Crippen MR) is 103 cm³/mol. The summed E-state index contributed by atoms with van der Waals surface area (Å²) in [5, 5.41) is 3.17. The van der Waals surface area contributed by atoms with Crippen LogP contribution in [0.2, 0.25) is 0 Å². The summed E-state index contributed by atoms with van der Waals surface area (Å²) in [6, 6.07) is 2.84. The number of hydrogen-bond acceptors (Lipinski definition) is 4. The van der Waals surface area contributed by atoms with Crippen molar-refractivity contribution in [2.24, 2.45) is 5.92 Å². The molecule has 0 unspecified atom stereocenters. The maximum absolute atomic E-state index is 12.7. The van der Waals surface area contributed by atoms with Gasteiger partial charge in [0, 0.05) is 44.1 Å². The lowest BCUT2D eigenvalue weighted by molar-refractivity contribution is -0.127. The molecule has 6 heteroatoms. The Hall–Kier alpha value is -1.95. The van der Waals surface area contributed by atoms with Gasteiger partial charge in [-0.05, 0) is 63.6 Å². The van der Waals surface area contributed by atoms with E-state index in [-0.39, 0.29) is 17.7 Å². The molecule has 2 amide bonds. The lowest BCUT2D eigenvalue weighted by Crippen LogP contribution is -2.51. The van der Waals surface area contributed by atoms with Crippen LogP contribution in [0.25, 0.3) is 0 Å². The Labute approximate surface area is 161 Å². The van der Waals surface area contributed by atoms with E-state index in [0.717, 1.165) is 70.3 Å². The highest BCUT2D eigenvalue weighted by atomic mass is 16.2. The number of amides is 2. The summed E-state index contributed by atoms with van der Waals surface area (Å²) in [7, 11) is 0. The van der Waals surface area contributed by atoms with Crippen molar-refractivity contribution in [3.8, 4) is 0 Å². The van der Waals surface area contributed by atoms with Crippen molar-refractivity contribution in [1.29, 1.82) is 0 Å². The number of nitrogens with one attached hydrogen (secondary N) is 1. The number of likely N-dealkylation sites (tertiary alicyclic amines) is 2. The molecule has 1 N–H and O–H groups in total. The number of carbonyl (C=O) groups excluding carboxylic acids is 2. The van der Waals surface area contributed by atoms with Crippen LogP contribution in [-0.2, 0) is 4.79 Å². The second-order valence-electron chi connectivity index (χ2n) is 8.39. The summed E-state index contributed by atoms with van der Waals surface area (Å²) in [6.07, 6.45) is 9.80. The zero-order valence-corrected chi connectivity index (χ0v) is 16.2. The van der Waals surface area contributed by atoms with Gasteiger partial charge in [-0.3, -0.25) is 19.5 Å². The topological polar surface area (TPSA) is 65.5 Å². The summed E-state index contributed by atoms with van der Waals surface area (Å²) in [5.41, 5.74) is 1.70. The molecule has 0 bridgehead atoms. The largest absolute Gasteiger partial charge is 0.353 e. The number of rotatable bonds is 4. The smallest absolute Gasteiger partial charge is 0.255 e. The fourth-order valence-corrected chi connectivity index (χ4v) is 4.39. The van der Waals surface area contributed by atoms with Crippen LogP contribution in [0.15, 0.2) is 18.5 Å². The van der Waals surface area contributed by atoms with Crippen molar-refractivity contribution in [2.75, 3.05) is 26.2 Å². The molecule has 146 valence electrons. The first-order valence-electron chi connectivity index (χ1n) is 10.4. The number of aryl methyl sites for hydroxylation is 1. The maximum Gasteiger partial charge on any atom is 0.255 e. The zero-order valence-electron chi connectivity index (χ0n) is 16.2. The first-order valence-corrected chi connectivity index (χ1v) is 10.4. The van der Waals surface area contributed by atoms with Crippen LogP contribution in [-0.4, -0.2) is 64.9 Å². The molecule has 0 spiro atoms. The second-order valence-corrected chi connectivity index (χ2v) is 8.39. The molecule has 2 aliphatic heterocycles. The minimum absolute atomic E-state index is 0.0879. The Morgan fingerprint density at radius 3 is 2.56 bits per heavy atom.